The van der Waals surface area contributed by atoms with Crippen molar-refractivity contribution in [3.63, 3.8) is 0 Å². The smallest absolute Gasteiger partial charge is 0.257 e. The van der Waals surface area contributed by atoms with E-state index >= 15 is 0 Å². The third-order valence-electron chi connectivity index (χ3n) is 2.94. The molecule has 1 aromatic rings. The zero-order valence-corrected chi connectivity index (χ0v) is 11.1. The predicted molar refractivity (Wildman–Crippen MR) is 65.2 cm³/mol. The second kappa shape index (κ2) is 4.60. The number of aromatic nitrogens is 2. The molecule has 0 unspecified atom stereocenters. The second-order valence-corrected chi connectivity index (χ2v) is 7.07. The molecule has 0 saturated heterocycles. The number of hydrogen-bond acceptors (Lipinski definition) is 5. The third-order valence-corrected chi connectivity index (χ3v) is 5.78. The summed E-state index contributed by atoms with van der Waals surface area (Å²) in [6.45, 7) is 0.0702. The van der Waals surface area contributed by atoms with Gasteiger partial charge in [-0.15, -0.1) is 0 Å². The van der Waals surface area contributed by atoms with Crippen LogP contribution in [-0.2, 0) is 16.6 Å². The Morgan fingerprint density at radius 1 is 1.65 bits per heavy atom. The molecule has 3 N–H and O–H groups in total. The van der Waals surface area contributed by atoms with E-state index < -0.39 is 10.0 Å². The van der Waals surface area contributed by atoms with Crippen LogP contribution in [0.3, 0.4) is 0 Å². The number of thioether (sulfide) groups is 1. The molecule has 2 rings (SSSR count). The van der Waals surface area contributed by atoms with E-state index in [1.54, 1.807) is 11.8 Å². The molecule has 1 aliphatic carbocycles. The van der Waals surface area contributed by atoms with Crippen molar-refractivity contribution < 1.29 is 13.5 Å². The van der Waals surface area contributed by atoms with Gasteiger partial charge < -0.3 is 5.11 Å². The number of aliphatic hydroxyl groups is 1. The minimum Gasteiger partial charge on any atom is -0.392 e. The lowest BCUT2D eigenvalue weighted by Gasteiger charge is -2.13. The lowest BCUT2D eigenvalue weighted by Crippen LogP contribution is -2.32. The number of rotatable bonds is 6. The SMILES string of the molecule is CSC1(CNS(=O)(=O)c2[nH]ncc2CO)CC1. The summed E-state index contributed by atoms with van der Waals surface area (Å²) in [4.78, 5) is 0. The van der Waals surface area contributed by atoms with Crippen LogP contribution in [0.15, 0.2) is 11.2 Å². The van der Waals surface area contributed by atoms with Gasteiger partial charge in [-0.05, 0) is 19.1 Å². The van der Waals surface area contributed by atoms with Crippen molar-refractivity contribution in [1.29, 1.82) is 0 Å². The van der Waals surface area contributed by atoms with Crippen LogP contribution in [0.4, 0.5) is 0 Å². The highest BCUT2D eigenvalue weighted by molar-refractivity contribution is 8.00. The quantitative estimate of drug-likeness (QED) is 0.684. The van der Waals surface area contributed by atoms with Gasteiger partial charge in [-0.25, -0.2) is 13.1 Å². The molecule has 1 heterocycles. The molecule has 0 bridgehead atoms. The van der Waals surface area contributed by atoms with Crippen molar-refractivity contribution in [1.82, 2.24) is 14.9 Å². The van der Waals surface area contributed by atoms with E-state index in [-0.39, 0.29) is 21.9 Å². The molecule has 0 aliphatic heterocycles. The molecule has 96 valence electrons. The van der Waals surface area contributed by atoms with Crippen LogP contribution in [-0.4, -0.2) is 41.3 Å². The molecular formula is C9H15N3O3S2. The first-order valence-electron chi connectivity index (χ1n) is 5.21. The summed E-state index contributed by atoms with van der Waals surface area (Å²) in [6, 6.07) is 0. The van der Waals surface area contributed by atoms with E-state index in [0.29, 0.717) is 6.54 Å². The fraction of sp³-hybridized carbons (Fsp3) is 0.667. The van der Waals surface area contributed by atoms with E-state index in [9.17, 15) is 8.42 Å². The zero-order chi connectivity index (χ0) is 12.5. The molecule has 8 heteroatoms. The molecule has 1 aromatic heterocycles. The number of nitrogens with zero attached hydrogens (tertiary/aromatic N) is 1. The maximum absolute atomic E-state index is 12.0. The highest BCUT2D eigenvalue weighted by Gasteiger charge is 2.42. The molecule has 0 amide bonds. The van der Waals surface area contributed by atoms with E-state index in [1.807, 2.05) is 6.26 Å². The second-order valence-electron chi connectivity index (χ2n) is 4.09. The molecule has 1 saturated carbocycles. The fourth-order valence-electron chi connectivity index (χ4n) is 1.54. The van der Waals surface area contributed by atoms with E-state index in [1.165, 1.54) is 6.20 Å². The van der Waals surface area contributed by atoms with Gasteiger partial charge in [0.1, 0.15) is 0 Å². The Bertz CT molecular complexity index is 493. The molecule has 1 aliphatic rings. The normalized spacial score (nSPS) is 18.2. The van der Waals surface area contributed by atoms with E-state index in [4.69, 9.17) is 5.11 Å². The monoisotopic (exact) mass is 277 g/mol. The molecule has 0 spiro atoms. The molecule has 1 fully saturated rings. The van der Waals surface area contributed by atoms with Crippen LogP contribution in [0, 0.1) is 0 Å². The highest BCUT2D eigenvalue weighted by atomic mass is 32.2. The summed E-state index contributed by atoms with van der Waals surface area (Å²) >= 11 is 1.68. The lowest BCUT2D eigenvalue weighted by atomic mass is 10.4. The van der Waals surface area contributed by atoms with Crippen molar-refractivity contribution >= 4 is 21.8 Å². The van der Waals surface area contributed by atoms with Gasteiger partial charge in [0.2, 0.25) is 0 Å². The van der Waals surface area contributed by atoms with Crippen LogP contribution in [0.5, 0.6) is 0 Å². The van der Waals surface area contributed by atoms with Crippen LogP contribution in [0.1, 0.15) is 18.4 Å². The van der Waals surface area contributed by atoms with Gasteiger partial charge in [0, 0.05) is 16.9 Å². The van der Waals surface area contributed by atoms with Crippen LogP contribution in [0.25, 0.3) is 0 Å². The maximum atomic E-state index is 12.0. The Balaban J connectivity index is 2.09. The first-order valence-corrected chi connectivity index (χ1v) is 7.92. The van der Waals surface area contributed by atoms with Crippen molar-refractivity contribution in [2.24, 2.45) is 0 Å². The number of nitrogens with one attached hydrogen (secondary N) is 2. The molecule has 17 heavy (non-hydrogen) atoms. The largest absolute Gasteiger partial charge is 0.392 e. The predicted octanol–water partition coefficient (Wildman–Crippen LogP) is 0.0759. The zero-order valence-electron chi connectivity index (χ0n) is 9.43. The molecular weight excluding hydrogens is 262 g/mol. The molecule has 0 radical (unpaired) electrons. The summed E-state index contributed by atoms with van der Waals surface area (Å²) in [7, 11) is -3.60. The van der Waals surface area contributed by atoms with Crippen LogP contribution < -0.4 is 4.72 Å². The third kappa shape index (κ3) is 2.65. The van der Waals surface area contributed by atoms with Crippen LogP contribution in [0.2, 0.25) is 0 Å². The minimum absolute atomic E-state index is 0.0445. The van der Waals surface area contributed by atoms with Gasteiger partial charge in [0.05, 0.1) is 12.8 Å². The number of sulfonamides is 1. The van der Waals surface area contributed by atoms with Crippen LogP contribution >= 0.6 is 11.8 Å². The average molecular weight is 277 g/mol. The summed E-state index contributed by atoms with van der Waals surface area (Å²) in [5.74, 6) is 0. The van der Waals surface area contributed by atoms with Gasteiger partial charge in [0.25, 0.3) is 10.0 Å². The molecule has 6 nitrogen and oxygen atoms in total. The van der Waals surface area contributed by atoms with Gasteiger partial charge in [0.15, 0.2) is 5.03 Å². The first-order chi connectivity index (χ1) is 8.03. The highest BCUT2D eigenvalue weighted by Crippen LogP contribution is 2.46. The van der Waals surface area contributed by atoms with Gasteiger partial charge in [-0.1, -0.05) is 0 Å². The number of aromatic amines is 1. The van der Waals surface area contributed by atoms with Crippen molar-refractivity contribution in [3.8, 4) is 0 Å². The molecule has 0 aromatic carbocycles. The Hall–Kier alpha value is -0.570. The maximum Gasteiger partial charge on any atom is 0.257 e. The average Bonchev–Trinajstić information content (AvgIpc) is 2.93. The summed E-state index contributed by atoms with van der Waals surface area (Å²) in [5.41, 5.74) is 0.284. The number of hydrogen-bond donors (Lipinski definition) is 3. The first kappa shape index (κ1) is 12.9. The summed E-state index contributed by atoms with van der Waals surface area (Å²) < 4.78 is 26.5. The van der Waals surface area contributed by atoms with Gasteiger partial charge in [-0.2, -0.15) is 16.9 Å². The Labute approximate surface area is 104 Å². The Kier molecular flexibility index (Phi) is 3.48. The molecule has 0 atom stereocenters. The van der Waals surface area contributed by atoms with Gasteiger partial charge >= 0.3 is 0 Å². The Morgan fingerprint density at radius 3 is 2.88 bits per heavy atom. The Morgan fingerprint density at radius 2 is 2.35 bits per heavy atom. The van der Waals surface area contributed by atoms with E-state index in [2.05, 4.69) is 14.9 Å². The summed E-state index contributed by atoms with van der Waals surface area (Å²) in [6.07, 6.45) is 5.37. The van der Waals surface area contributed by atoms with Crippen molar-refractivity contribution in [2.75, 3.05) is 12.8 Å². The fourth-order valence-corrected chi connectivity index (χ4v) is 3.60. The number of H-pyrrole nitrogens is 1. The minimum atomic E-state index is -3.60. The summed E-state index contributed by atoms with van der Waals surface area (Å²) in [5, 5.41) is 15.0. The number of aliphatic hydroxyl groups excluding tert-OH is 1. The van der Waals surface area contributed by atoms with Gasteiger partial charge in [-0.3, -0.25) is 5.10 Å². The lowest BCUT2D eigenvalue weighted by molar-refractivity contribution is 0.278. The van der Waals surface area contributed by atoms with Crippen molar-refractivity contribution in [2.45, 2.75) is 29.2 Å². The van der Waals surface area contributed by atoms with E-state index in [0.717, 1.165) is 12.8 Å². The van der Waals surface area contributed by atoms with Crippen molar-refractivity contribution in [3.05, 3.63) is 11.8 Å². The topological polar surface area (TPSA) is 95.1 Å². The standard InChI is InChI=1S/C9H15N3O3S2/c1-16-9(2-3-9)6-11-17(14,15)8-7(5-13)4-10-12-8/h4,11,13H,2-3,5-6H2,1H3,(H,10,12).